The van der Waals surface area contributed by atoms with E-state index in [0.29, 0.717) is 12.5 Å². The molecule has 3 heteroatoms. The zero-order chi connectivity index (χ0) is 13.7. The maximum absolute atomic E-state index is 11.8. The number of carbonyl (C=O) groups excluding carboxylic acids is 1. The molecule has 0 bridgehead atoms. The van der Waals surface area contributed by atoms with Crippen LogP contribution >= 0.6 is 0 Å². The fraction of sp³-hybridized carbons (Fsp3) is 0.929. The second-order valence-electron chi connectivity index (χ2n) is 6.54. The number of hydrogen-bond donors (Lipinski definition) is 1. The van der Waals surface area contributed by atoms with Gasteiger partial charge in [0, 0.05) is 5.54 Å². The van der Waals surface area contributed by atoms with Gasteiger partial charge >= 0.3 is 5.97 Å². The Labute approximate surface area is 106 Å². The zero-order valence-electron chi connectivity index (χ0n) is 12.5. The Morgan fingerprint density at radius 3 is 2.18 bits per heavy atom. The van der Waals surface area contributed by atoms with Gasteiger partial charge in [-0.05, 0) is 60.4 Å². The Kier molecular flexibility index (Phi) is 6.17. The molecule has 0 aliphatic carbocycles. The molecule has 0 saturated heterocycles. The standard InChI is InChI=1S/C14H29NO2/c1-8-17-12(16)14(6,7)9-11(2)10-15-13(3,4)5/h11,15H,8-10H2,1-7H3. The molecule has 17 heavy (non-hydrogen) atoms. The lowest BCUT2D eigenvalue weighted by atomic mass is 9.83. The average molecular weight is 243 g/mol. The van der Waals surface area contributed by atoms with Gasteiger partial charge in [-0.25, -0.2) is 0 Å². The van der Waals surface area contributed by atoms with Crippen molar-refractivity contribution in [3.05, 3.63) is 0 Å². The van der Waals surface area contributed by atoms with E-state index in [9.17, 15) is 4.79 Å². The van der Waals surface area contributed by atoms with Crippen LogP contribution in [0.5, 0.6) is 0 Å². The molecule has 102 valence electrons. The lowest BCUT2D eigenvalue weighted by molar-refractivity contribution is -0.154. The van der Waals surface area contributed by atoms with Crippen molar-refractivity contribution in [1.29, 1.82) is 0 Å². The molecule has 0 saturated carbocycles. The Morgan fingerprint density at radius 2 is 1.76 bits per heavy atom. The summed E-state index contributed by atoms with van der Waals surface area (Å²) in [6, 6.07) is 0. The molecular weight excluding hydrogens is 214 g/mol. The molecule has 0 aliphatic rings. The molecule has 1 atom stereocenters. The van der Waals surface area contributed by atoms with Crippen molar-refractivity contribution >= 4 is 5.97 Å². The Morgan fingerprint density at radius 1 is 1.24 bits per heavy atom. The zero-order valence-corrected chi connectivity index (χ0v) is 12.5. The van der Waals surface area contributed by atoms with E-state index in [4.69, 9.17) is 4.74 Å². The third-order valence-electron chi connectivity index (χ3n) is 2.67. The Balaban J connectivity index is 4.18. The Bertz CT molecular complexity index is 241. The number of carbonyl (C=O) groups is 1. The average Bonchev–Trinajstić information content (AvgIpc) is 2.13. The highest BCUT2D eigenvalue weighted by Crippen LogP contribution is 2.27. The van der Waals surface area contributed by atoms with Crippen LogP contribution in [0.25, 0.3) is 0 Å². The van der Waals surface area contributed by atoms with Crippen molar-refractivity contribution in [1.82, 2.24) is 5.32 Å². The second kappa shape index (κ2) is 6.39. The van der Waals surface area contributed by atoms with E-state index >= 15 is 0 Å². The minimum Gasteiger partial charge on any atom is -0.466 e. The van der Waals surface area contributed by atoms with E-state index in [1.807, 2.05) is 20.8 Å². The summed E-state index contributed by atoms with van der Waals surface area (Å²) >= 11 is 0. The molecule has 0 spiro atoms. The number of nitrogens with one attached hydrogen (secondary N) is 1. The minimum absolute atomic E-state index is 0.0948. The predicted octanol–water partition coefficient (Wildman–Crippen LogP) is 2.99. The van der Waals surface area contributed by atoms with Crippen LogP contribution in [0.15, 0.2) is 0 Å². The summed E-state index contributed by atoms with van der Waals surface area (Å²) in [5.41, 5.74) is -0.267. The van der Waals surface area contributed by atoms with Gasteiger partial charge in [-0.1, -0.05) is 6.92 Å². The lowest BCUT2D eigenvalue weighted by Crippen LogP contribution is -2.40. The van der Waals surface area contributed by atoms with Crippen molar-refractivity contribution < 1.29 is 9.53 Å². The highest BCUT2D eigenvalue weighted by atomic mass is 16.5. The lowest BCUT2D eigenvalue weighted by Gasteiger charge is -2.28. The van der Waals surface area contributed by atoms with Crippen molar-refractivity contribution in [2.24, 2.45) is 11.3 Å². The largest absolute Gasteiger partial charge is 0.466 e. The molecule has 0 aromatic carbocycles. The van der Waals surface area contributed by atoms with E-state index in [-0.39, 0.29) is 11.5 Å². The summed E-state index contributed by atoms with van der Waals surface area (Å²) in [4.78, 5) is 11.8. The molecule has 1 N–H and O–H groups in total. The van der Waals surface area contributed by atoms with Gasteiger partial charge in [-0.3, -0.25) is 4.79 Å². The maximum atomic E-state index is 11.8. The van der Waals surface area contributed by atoms with E-state index < -0.39 is 5.41 Å². The minimum atomic E-state index is -0.394. The molecule has 0 aliphatic heterocycles. The molecule has 0 fully saturated rings. The fourth-order valence-corrected chi connectivity index (χ4v) is 1.83. The van der Waals surface area contributed by atoms with Gasteiger partial charge in [0.25, 0.3) is 0 Å². The van der Waals surface area contributed by atoms with Crippen LogP contribution in [0.4, 0.5) is 0 Å². The first-order valence-corrected chi connectivity index (χ1v) is 6.50. The normalized spacial score (nSPS) is 14.5. The summed E-state index contributed by atoms with van der Waals surface area (Å²) in [6.07, 6.45) is 0.842. The highest BCUT2D eigenvalue weighted by molar-refractivity contribution is 5.75. The molecule has 1 unspecified atom stereocenters. The van der Waals surface area contributed by atoms with Crippen LogP contribution in [0, 0.1) is 11.3 Å². The molecule has 0 radical (unpaired) electrons. The first-order chi connectivity index (χ1) is 7.58. The highest BCUT2D eigenvalue weighted by Gasteiger charge is 2.31. The van der Waals surface area contributed by atoms with Gasteiger partial charge in [0.05, 0.1) is 12.0 Å². The Hall–Kier alpha value is -0.570. The third kappa shape index (κ3) is 7.37. The van der Waals surface area contributed by atoms with Crippen molar-refractivity contribution in [3.8, 4) is 0 Å². The summed E-state index contributed by atoms with van der Waals surface area (Å²) in [5.74, 6) is 0.358. The molecule has 0 aromatic heterocycles. The van der Waals surface area contributed by atoms with E-state index in [2.05, 4.69) is 33.0 Å². The number of ether oxygens (including phenoxy) is 1. The van der Waals surface area contributed by atoms with Gasteiger partial charge in [0.1, 0.15) is 0 Å². The quantitative estimate of drug-likeness (QED) is 0.729. The van der Waals surface area contributed by atoms with Crippen molar-refractivity contribution in [3.63, 3.8) is 0 Å². The van der Waals surface area contributed by atoms with Crippen molar-refractivity contribution in [2.75, 3.05) is 13.2 Å². The molecule has 0 amide bonds. The maximum Gasteiger partial charge on any atom is 0.311 e. The summed E-state index contributed by atoms with van der Waals surface area (Å²) in [6.45, 7) is 15.8. The SMILES string of the molecule is CCOC(=O)C(C)(C)CC(C)CNC(C)(C)C. The van der Waals surface area contributed by atoms with E-state index in [0.717, 1.165) is 13.0 Å². The molecular formula is C14H29NO2. The van der Waals surface area contributed by atoms with E-state index in [1.54, 1.807) is 0 Å². The van der Waals surface area contributed by atoms with Gasteiger partial charge in [-0.2, -0.15) is 0 Å². The second-order valence-corrected chi connectivity index (χ2v) is 6.54. The van der Waals surface area contributed by atoms with Crippen LogP contribution in [0.2, 0.25) is 0 Å². The monoisotopic (exact) mass is 243 g/mol. The number of hydrogen-bond acceptors (Lipinski definition) is 3. The van der Waals surface area contributed by atoms with Gasteiger partial charge in [-0.15, -0.1) is 0 Å². The topological polar surface area (TPSA) is 38.3 Å². The molecule has 0 aromatic rings. The van der Waals surface area contributed by atoms with Gasteiger partial charge in [0.2, 0.25) is 0 Å². The van der Waals surface area contributed by atoms with Gasteiger partial charge in [0.15, 0.2) is 0 Å². The van der Waals surface area contributed by atoms with Crippen LogP contribution in [0.3, 0.4) is 0 Å². The van der Waals surface area contributed by atoms with Crippen LogP contribution in [-0.4, -0.2) is 24.7 Å². The summed E-state index contributed by atoms with van der Waals surface area (Å²) in [5, 5.41) is 3.46. The van der Waals surface area contributed by atoms with E-state index in [1.165, 1.54) is 0 Å². The number of rotatable bonds is 6. The predicted molar refractivity (Wildman–Crippen MR) is 72.0 cm³/mol. The summed E-state index contributed by atoms with van der Waals surface area (Å²) < 4.78 is 5.09. The number of esters is 1. The smallest absolute Gasteiger partial charge is 0.311 e. The first-order valence-electron chi connectivity index (χ1n) is 6.50. The fourth-order valence-electron chi connectivity index (χ4n) is 1.83. The molecule has 0 rings (SSSR count). The van der Waals surface area contributed by atoms with Crippen LogP contribution in [-0.2, 0) is 9.53 Å². The van der Waals surface area contributed by atoms with Crippen molar-refractivity contribution in [2.45, 2.75) is 60.4 Å². The van der Waals surface area contributed by atoms with Gasteiger partial charge < -0.3 is 10.1 Å². The molecule has 0 heterocycles. The van der Waals surface area contributed by atoms with Crippen LogP contribution in [0.1, 0.15) is 54.9 Å². The first kappa shape index (κ1) is 16.4. The van der Waals surface area contributed by atoms with Crippen LogP contribution < -0.4 is 5.32 Å². The third-order valence-corrected chi connectivity index (χ3v) is 2.67. The molecule has 3 nitrogen and oxygen atoms in total. The summed E-state index contributed by atoms with van der Waals surface area (Å²) in [7, 11) is 0.